The summed E-state index contributed by atoms with van der Waals surface area (Å²) < 4.78 is 0. The van der Waals surface area contributed by atoms with Crippen LogP contribution in [0.4, 0.5) is 5.95 Å². The number of rotatable bonds is 5. The molecule has 0 aliphatic rings. The van der Waals surface area contributed by atoms with E-state index in [1.54, 1.807) is 18.5 Å². The normalized spacial score (nSPS) is 9.79. The molecule has 0 aromatic carbocycles. The van der Waals surface area contributed by atoms with Crippen LogP contribution in [0, 0.1) is 0 Å². The van der Waals surface area contributed by atoms with Gasteiger partial charge in [0.2, 0.25) is 11.9 Å². The van der Waals surface area contributed by atoms with Gasteiger partial charge < -0.3 is 5.32 Å². The molecule has 0 radical (unpaired) electrons. The van der Waals surface area contributed by atoms with Crippen LogP contribution in [0.25, 0.3) is 0 Å². The molecule has 1 rings (SSSR count). The Hall–Kier alpha value is -1.49. The molecule has 0 unspecified atom stereocenters. The SMILES string of the molecule is CCNCCC(=O)Nc1ncccn1. The molecule has 76 valence electrons. The van der Waals surface area contributed by atoms with Crippen molar-refractivity contribution in [2.75, 3.05) is 18.4 Å². The summed E-state index contributed by atoms with van der Waals surface area (Å²) in [6.45, 7) is 3.54. The van der Waals surface area contributed by atoms with Crippen LogP contribution in [0.1, 0.15) is 13.3 Å². The average molecular weight is 194 g/mol. The highest BCUT2D eigenvalue weighted by molar-refractivity contribution is 5.88. The number of hydrogen-bond acceptors (Lipinski definition) is 4. The lowest BCUT2D eigenvalue weighted by molar-refractivity contribution is -0.116. The van der Waals surface area contributed by atoms with Crippen LogP contribution >= 0.6 is 0 Å². The third-order valence-electron chi connectivity index (χ3n) is 1.60. The summed E-state index contributed by atoms with van der Waals surface area (Å²) in [6, 6.07) is 1.70. The highest BCUT2D eigenvalue weighted by Gasteiger charge is 2.01. The summed E-state index contributed by atoms with van der Waals surface area (Å²) in [5, 5.41) is 5.66. The van der Waals surface area contributed by atoms with Gasteiger partial charge >= 0.3 is 0 Å². The standard InChI is InChI=1S/C9H14N4O/c1-2-10-7-4-8(14)13-9-11-5-3-6-12-9/h3,5-6,10H,2,4,7H2,1H3,(H,11,12,13,14). The van der Waals surface area contributed by atoms with Crippen molar-refractivity contribution in [2.45, 2.75) is 13.3 Å². The Morgan fingerprint density at radius 1 is 1.43 bits per heavy atom. The van der Waals surface area contributed by atoms with Gasteiger partial charge in [-0.25, -0.2) is 9.97 Å². The Balaban J connectivity index is 2.27. The van der Waals surface area contributed by atoms with Crippen molar-refractivity contribution in [3.8, 4) is 0 Å². The van der Waals surface area contributed by atoms with Crippen molar-refractivity contribution in [1.29, 1.82) is 0 Å². The van der Waals surface area contributed by atoms with Crippen LogP contribution in [0.2, 0.25) is 0 Å². The minimum atomic E-state index is -0.0721. The minimum absolute atomic E-state index is 0.0721. The maximum atomic E-state index is 11.3. The molecule has 0 spiro atoms. The largest absolute Gasteiger partial charge is 0.316 e. The molecule has 1 aromatic heterocycles. The summed E-state index contributed by atoms with van der Waals surface area (Å²) in [7, 11) is 0. The van der Waals surface area contributed by atoms with Crippen LogP contribution in [0.5, 0.6) is 0 Å². The summed E-state index contributed by atoms with van der Waals surface area (Å²) in [5.41, 5.74) is 0. The third kappa shape index (κ3) is 3.95. The Morgan fingerprint density at radius 3 is 2.79 bits per heavy atom. The summed E-state index contributed by atoms with van der Waals surface area (Å²) >= 11 is 0. The molecule has 14 heavy (non-hydrogen) atoms. The number of carbonyl (C=O) groups excluding carboxylic acids is 1. The first kappa shape index (κ1) is 10.6. The van der Waals surface area contributed by atoms with Crippen LogP contribution < -0.4 is 10.6 Å². The van der Waals surface area contributed by atoms with E-state index in [9.17, 15) is 4.79 Å². The van der Waals surface area contributed by atoms with Crippen LogP contribution in [-0.2, 0) is 4.79 Å². The Kier molecular flexibility index (Phi) is 4.57. The highest BCUT2D eigenvalue weighted by Crippen LogP contribution is 1.94. The maximum Gasteiger partial charge on any atom is 0.229 e. The van der Waals surface area contributed by atoms with Crippen LogP contribution in [0.3, 0.4) is 0 Å². The van der Waals surface area contributed by atoms with Gasteiger partial charge in [0.1, 0.15) is 0 Å². The molecule has 0 fully saturated rings. The number of amides is 1. The molecule has 1 amide bonds. The van der Waals surface area contributed by atoms with Crippen molar-refractivity contribution < 1.29 is 4.79 Å². The number of anilines is 1. The molecular formula is C9H14N4O. The summed E-state index contributed by atoms with van der Waals surface area (Å²) in [6.07, 6.45) is 3.62. The van der Waals surface area contributed by atoms with Gasteiger partial charge in [0, 0.05) is 25.4 Å². The molecule has 2 N–H and O–H groups in total. The van der Waals surface area contributed by atoms with E-state index >= 15 is 0 Å². The Bertz CT molecular complexity index is 275. The summed E-state index contributed by atoms with van der Waals surface area (Å²) in [5.74, 6) is 0.283. The van der Waals surface area contributed by atoms with Crippen LogP contribution in [-0.4, -0.2) is 29.0 Å². The van der Waals surface area contributed by atoms with Gasteiger partial charge in [-0.3, -0.25) is 10.1 Å². The maximum absolute atomic E-state index is 11.3. The molecule has 0 saturated carbocycles. The van der Waals surface area contributed by atoms with Crippen molar-refractivity contribution in [1.82, 2.24) is 15.3 Å². The predicted molar refractivity (Wildman–Crippen MR) is 53.8 cm³/mol. The molecule has 1 aromatic rings. The molecule has 5 heteroatoms. The molecular weight excluding hydrogens is 180 g/mol. The fourth-order valence-electron chi connectivity index (χ4n) is 0.930. The number of nitrogens with zero attached hydrogens (tertiary/aromatic N) is 2. The number of carbonyl (C=O) groups is 1. The van der Waals surface area contributed by atoms with E-state index in [0.29, 0.717) is 18.9 Å². The monoisotopic (exact) mass is 194 g/mol. The average Bonchev–Trinajstić information content (AvgIpc) is 2.20. The molecule has 0 aliphatic carbocycles. The lowest BCUT2D eigenvalue weighted by Gasteiger charge is -2.02. The van der Waals surface area contributed by atoms with Gasteiger partial charge in [0.15, 0.2) is 0 Å². The Morgan fingerprint density at radius 2 is 2.14 bits per heavy atom. The van der Waals surface area contributed by atoms with E-state index < -0.39 is 0 Å². The first-order valence-corrected chi connectivity index (χ1v) is 4.60. The zero-order valence-corrected chi connectivity index (χ0v) is 8.16. The van der Waals surface area contributed by atoms with Crippen molar-refractivity contribution in [2.24, 2.45) is 0 Å². The molecule has 5 nitrogen and oxygen atoms in total. The minimum Gasteiger partial charge on any atom is -0.316 e. The van der Waals surface area contributed by atoms with E-state index in [0.717, 1.165) is 6.54 Å². The van der Waals surface area contributed by atoms with Gasteiger partial charge in [0.05, 0.1) is 0 Å². The second-order valence-corrected chi connectivity index (χ2v) is 2.72. The van der Waals surface area contributed by atoms with E-state index in [-0.39, 0.29) is 5.91 Å². The number of nitrogens with one attached hydrogen (secondary N) is 2. The Labute approximate surface area is 83.0 Å². The molecule has 1 heterocycles. The molecule has 0 aliphatic heterocycles. The molecule has 0 bridgehead atoms. The lowest BCUT2D eigenvalue weighted by atomic mass is 10.4. The quantitative estimate of drug-likeness (QED) is 0.666. The van der Waals surface area contributed by atoms with E-state index in [1.807, 2.05) is 6.92 Å². The van der Waals surface area contributed by atoms with Crippen molar-refractivity contribution in [3.05, 3.63) is 18.5 Å². The second-order valence-electron chi connectivity index (χ2n) is 2.72. The highest BCUT2D eigenvalue weighted by atomic mass is 16.1. The van der Waals surface area contributed by atoms with Gasteiger partial charge in [-0.15, -0.1) is 0 Å². The van der Waals surface area contributed by atoms with E-state index in [4.69, 9.17) is 0 Å². The second kappa shape index (κ2) is 6.04. The fraction of sp³-hybridized carbons (Fsp3) is 0.444. The van der Waals surface area contributed by atoms with Gasteiger partial charge in [-0.05, 0) is 12.6 Å². The lowest BCUT2D eigenvalue weighted by Crippen LogP contribution is -2.22. The summed E-state index contributed by atoms with van der Waals surface area (Å²) in [4.78, 5) is 19.0. The number of hydrogen-bond donors (Lipinski definition) is 2. The zero-order chi connectivity index (χ0) is 10.2. The third-order valence-corrected chi connectivity index (χ3v) is 1.60. The molecule has 0 saturated heterocycles. The topological polar surface area (TPSA) is 66.9 Å². The van der Waals surface area contributed by atoms with Gasteiger partial charge in [-0.1, -0.05) is 6.92 Å². The predicted octanol–water partition coefficient (Wildman–Crippen LogP) is 0.415. The van der Waals surface area contributed by atoms with Crippen molar-refractivity contribution >= 4 is 11.9 Å². The van der Waals surface area contributed by atoms with E-state index in [2.05, 4.69) is 20.6 Å². The van der Waals surface area contributed by atoms with E-state index in [1.165, 1.54) is 0 Å². The van der Waals surface area contributed by atoms with Gasteiger partial charge in [0.25, 0.3) is 0 Å². The van der Waals surface area contributed by atoms with Gasteiger partial charge in [-0.2, -0.15) is 0 Å². The zero-order valence-electron chi connectivity index (χ0n) is 8.16. The first-order chi connectivity index (χ1) is 6.83. The first-order valence-electron chi connectivity index (χ1n) is 4.60. The smallest absolute Gasteiger partial charge is 0.229 e. The van der Waals surface area contributed by atoms with Crippen LogP contribution in [0.15, 0.2) is 18.5 Å². The molecule has 0 atom stereocenters. The fourth-order valence-corrected chi connectivity index (χ4v) is 0.930. The van der Waals surface area contributed by atoms with Crippen molar-refractivity contribution in [3.63, 3.8) is 0 Å². The number of aromatic nitrogens is 2.